The Balaban J connectivity index is 1.74. The molecule has 4 rings (SSSR count). The number of aryl methyl sites for hydroxylation is 3. The lowest BCUT2D eigenvalue weighted by Crippen LogP contribution is -2.36. The highest BCUT2D eigenvalue weighted by atomic mass is 16.5. The molecule has 0 atom stereocenters. The molecule has 1 aliphatic heterocycles. The minimum Gasteiger partial charge on any atom is -0.378 e. The lowest BCUT2D eigenvalue weighted by Gasteiger charge is -2.29. The average molecular weight is 451 g/mol. The number of aromatic amines is 1. The predicted molar refractivity (Wildman–Crippen MR) is 132 cm³/mol. The second kappa shape index (κ2) is 9.43. The van der Waals surface area contributed by atoms with Crippen molar-refractivity contribution < 1.29 is 9.53 Å². The number of fused-ring (bicyclic) bond motifs is 1. The Bertz CT molecular complexity index is 1230. The summed E-state index contributed by atoms with van der Waals surface area (Å²) in [6.07, 6.45) is 2.86. The number of carbonyl (C=O) groups is 1. The van der Waals surface area contributed by atoms with Gasteiger partial charge in [-0.1, -0.05) is 20.8 Å². The Morgan fingerprint density at radius 2 is 1.94 bits per heavy atom. The maximum Gasteiger partial charge on any atom is 0.253 e. The molecule has 0 aliphatic carbocycles. The summed E-state index contributed by atoms with van der Waals surface area (Å²) in [6.45, 7) is 11.4. The molecule has 1 aromatic carbocycles. The van der Waals surface area contributed by atoms with Crippen molar-refractivity contribution >= 4 is 22.5 Å². The van der Waals surface area contributed by atoms with Crippen LogP contribution in [-0.4, -0.2) is 41.8 Å². The van der Waals surface area contributed by atoms with Gasteiger partial charge in [0.05, 0.1) is 24.3 Å². The molecular weight excluding hydrogens is 416 g/mol. The van der Waals surface area contributed by atoms with Crippen LogP contribution >= 0.6 is 0 Å². The quantitative estimate of drug-likeness (QED) is 0.601. The number of H-pyrrole nitrogens is 1. The third-order valence-electron chi connectivity index (χ3n) is 6.50. The molecule has 1 aliphatic rings. The molecule has 3 heterocycles. The highest BCUT2D eigenvalue weighted by molar-refractivity contribution is 6.08. The summed E-state index contributed by atoms with van der Waals surface area (Å²) in [6, 6.07) is 6.16. The van der Waals surface area contributed by atoms with Crippen LogP contribution in [0.25, 0.3) is 10.9 Å². The Kier molecular flexibility index (Phi) is 6.61. The van der Waals surface area contributed by atoms with Gasteiger partial charge in [0.15, 0.2) is 0 Å². The molecule has 2 aromatic heterocycles. The number of anilines is 1. The van der Waals surface area contributed by atoms with E-state index in [0.717, 1.165) is 47.4 Å². The number of carbonyl (C=O) groups excluding carboxylic acids is 1. The van der Waals surface area contributed by atoms with Crippen molar-refractivity contribution in [2.45, 2.75) is 46.6 Å². The van der Waals surface area contributed by atoms with E-state index in [9.17, 15) is 9.59 Å². The van der Waals surface area contributed by atoms with E-state index in [2.05, 4.69) is 41.3 Å². The molecule has 0 saturated carbocycles. The number of pyridine rings is 1. The number of nitrogens with one attached hydrogen (secondary N) is 2. The molecule has 1 saturated heterocycles. The first kappa shape index (κ1) is 23.1. The fraction of sp³-hybridized carbons (Fsp3) is 0.462. The van der Waals surface area contributed by atoms with Crippen molar-refractivity contribution in [2.75, 3.05) is 31.2 Å². The highest BCUT2D eigenvalue weighted by Crippen LogP contribution is 2.33. The summed E-state index contributed by atoms with van der Waals surface area (Å²) >= 11 is 0. The molecule has 7 heteroatoms. The van der Waals surface area contributed by atoms with Crippen LogP contribution in [0.5, 0.6) is 0 Å². The topological polar surface area (TPSA) is 79.4 Å². The van der Waals surface area contributed by atoms with E-state index in [1.54, 1.807) is 0 Å². The van der Waals surface area contributed by atoms with Crippen LogP contribution < -0.4 is 15.8 Å². The molecule has 7 nitrogen and oxygen atoms in total. The van der Waals surface area contributed by atoms with Crippen LogP contribution in [0.15, 0.2) is 29.2 Å². The van der Waals surface area contributed by atoms with E-state index in [1.165, 1.54) is 5.56 Å². The van der Waals surface area contributed by atoms with Crippen LogP contribution in [0.1, 0.15) is 59.4 Å². The summed E-state index contributed by atoms with van der Waals surface area (Å²) in [5, 5.41) is 4.12. The summed E-state index contributed by atoms with van der Waals surface area (Å²) < 4.78 is 7.56. The van der Waals surface area contributed by atoms with Crippen molar-refractivity contribution in [2.24, 2.45) is 7.05 Å². The molecule has 33 heavy (non-hydrogen) atoms. The van der Waals surface area contributed by atoms with Gasteiger partial charge in [-0.2, -0.15) is 0 Å². The van der Waals surface area contributed by atoms with Gasteiger partial charge in [0, 0.05) is 55.2 Å². The number of nitrogens with zero attached hydrogens (tertiary/aromatic N) is 2. The van der Waals surface area contributed by atoms with E-state index in [0.29, 0.717) is 30.3 Å². The summed E-state index contributed by atoms with van der Waals surface area (Å²) in [5.74, 6) is 0.163. The lowest BCUT2D eigenvalue weighted by atomic mass is 9.99. The highest BCUT2D eigenvalue weighted by Gasteiger charge is 2.22. The molecule has 1 fully saturated rings. The van der Waals surface area contributed by atoms with E-state index in [1.807, 2.05) is 37.6 Å². The number of ether oxygens (including phenoxy) is 1. The largest absolute Gasteiger partial charge is 0.378 e. The van der Waals surface area contributed by atoms with Crippen LogP contribution in [0, 0.1) is 6.92 Å². The second-order valence-electron chi connectivity index (χ2n) is 9.16. The van der Waals surface area contributed by atoms with Crippen molar-refractivity contribution in [1.82, 2.24) is 14.9 Å². The molecule has 176 valence electrons. The van der Waals surface area contributed by atoms with Gasteiger partial charge in [0.2, 0.25) is 0 Å². The third kappa shape index (κ3) is 4.55. The van der Waals surface area contributed by atoms with E-state index in [4.69, 9.17) is 4.74 Å². The van der Waals surface area contributed by atoms with Gasteiger partial charge in [0.1, 0.15) is 0 Å². The zero-order chi connectivity index (χ0) is 23.7. The lowest BCUT2D eigenvalue weighted by molar-refractivity contribution is 0.0952. The zero-order valence-electron chi connectivity index (χ0n) is 20.2. The molecule has 0 bridgehead atoms. The zero-order valence-corrected chi connectivity index (χ0v) is 20.2. The first-order valence-electron chi connectivity index (χ1n) is 11.8. The average Bonchev–Trinajstić information content (AvgIpc) is 3.14. The Hall–Kier alpha value is -3.06. The van der Waals surface area contributed by atoms with Crippen molar-refractivity contribution in [3.05, 3.63) is 62.7 Å². The third-order valence-corrected chi connectivity index (χ3v) is 6.50. The number of amides is 1. The Morgan fingerprint density at radius 1 is 1.21 bits per heavy atom. The van der Waals surface area contributed by atoms with Crippen LogP contribution in [0.2, 0.25) is 0 Å². The van der Waals surface area contributed by atoms with Crippen molar-refractivity contribution in [1.29, 1.82) is 0 Å². The van der Waals surface area contributed by atoms with Gasteiger partial charge in [-0.3, -0.25) is 9.59 Å². The molecule has 0 spiro atoms. The van der Waals surface area contributed by atoms with Crippen LogP contribution in [0.4, 0.5) is 5.69 Å². The molecule has 2 N–H and O–H groups in total. The van der Waals surface area contributed by atoms with E-state index >= 15 is 0 Å². The van der Waals surface area contributed by atoms with E-state index in [-0.39, 0.29) is 18.0 Å². The number of benzene rings is 1. The molecule has 3 aromatic rings. The normalized spacial score (nSPS) is 14.3. The Labute approximate surface area is 194 Å². The number of aromatic nitrogens is 2. The first-order valence-corrected chi connectivity index (χ1v) is 11.8. The SMILES string of the molecule is CCc1cc(C)[nH]c(=O)c1CNC(=O)c1cc(N2CCOCC2)cc2c(C(C)C)cn(C)c12. The van der Waals surface area contributed by atoms with E-state index < -0.39 is 0 Å². The smallest absolute Gasteiger partial charge is 0.253 e. The first-order chi connectivity index (χ1) is 15.8. The van der Waals surface area contributed by atoms with Crippen molar-refractivity contribution in [3.63, 3.8) is 0 Å². The predicted octanol–water partition coefficient (Wildman–Crippen LogP) is 3.63. The maximum absolute atomic E-state index is 13.5. The van der Waals surface area contributed by atoms with Crippen LogP contribution in [-0.2, 0) is 24.8 Å². The van der Waals surface area contributed by atoms with Gasteiger partial charge >= 0.3 is 0 Å². The number of rotatable bonds is 6. The summed E-state index contributed by atoms with van der Waals surface area (Å²) in [5.41, 5.74) is 6.08. The standard InChI is InChI=1S/C26H34N4O3/c1-6-18-11-17(4)28-26(32)22(18)14-27-25(31)21-13-19(30-7-9-33-10-8-30)12-20-23(16(2)3)15-29(5)24(20)21/h11-13,15-16H,6-10,14H2,1-5H3,(H,27,31)(H,28,32). The molecule has 0 unspecified atom stereocenters. The monoisotopic (exact) mass is 450 g/mol. The van der Waals surface area contributed by atoms with Gasteiger partial charge in [-0.05, 0) is 48.6 Å². The summed E-state index contributed by atoms with van der Waals surface area (Å²) in [4.78, 5) is 31.2. The van der Waals surface area contributed by atoms with Gasteiger partial charge < -0.3 is 24.5 Å². The minimum absolute atomic E-state index is 0.139. The van der Waals surface area contributed by atoms with Crippen LogP contribution in [0.3, 0.4) is 0 Å². The maximum atomic E-state index is 13.5. The number of morpholine rings is 1. The molecule has 1 amide bonds. The second-order valence-corrected chi connectivity index (χ2v) is 9.16. The van der Waals surface area contributed by atoms with Gasteiger partial charge in [-0.15, -0.1) is 0 Å². The fourth-order valence-corrected chi connectivity index (χ4v) is 4.76. The fourth-order valence-electron chi connectivity index (χ4n) is 4.76. The summed E-state index contributed by atoms with van der Waals surface area (Å²) in [7, 11) is 1.99. The van der Waals surface area contributed by atoms with Gasteiger partial charge in [0.25, 0.3) is 11.5 Å². The van der Waals surface area contributed by atoms with Crippen molar-refractivity contribution in [3.8, 4) is 0 Å². The van der Waals surface area contributed by atoms with Gasteiger partial charge in [-0.25, -0.2) is 0 Å². The molecule has 0 radical (unpaired) electrons. The number of hydrogen-bond acceptors (Lipinski definition) is 4. The molecular formula is C26H34N4O3. The minimum atomic E-state index is -0.173. The number of hydrogen-bond donors (Lipinski definition) is 2. The Morgan fingerprint density at radius 3 is 2.61 bits per heavy atom.